The molecule has 1 amide bonds. The van der Waals surface area contributed by atoms with Crippen LogP contribution in [0.25, 0.3) is 0 Å². The first kappa shape index (κ1) is 18.5. The molecule has 2 aromatic heterocycles. The smallest absolute Gasteiger partial charge is 0.230 e. The lowest BCUT2D eigenvalue weighted by Gasteiger charge is -2.07. The highest BCUT2D eigenvalue weighted by molar-refractivity contribution is 7.99. The van der Waals surface area contributed by atoms with Gasteiger partial charge in [-0.1, -0.05) is 30.0 Å². The third-order valence-corrected chi connectivity index (χ3v) is 5.69. The van der Waals surface area contributed by atoms with Crippen molar-refractivity contribution in [3.8, 4) is 5.75 Å². The maximum Gasteiger partial charge on any atom is 0.230 e. The minimum Gasteiger partial charge on any atom is -0.497 e. The van der Waals surface area contributed by atoms with Crippen molar-refractivity contribution < 1.29 is 9.53 Å². The van der Waals surface area contributed by atoms with Gasteiger partial charge < -0.3 is 14.6 Å². The summed E-state index contributed by atoms with van der Waals surface area (Å²) in [6.07, 6.45) is 0.754. The molecule has 0 aliphatic carbocycles. The Labute approximate surface area is 160 Å². The van der Waals surface area contributed by atoms with Gasteiger partial charge in [0.2, 0.25) is 5.91 Å². The fourth-order valence-corrected chi connectivity index (χ4v) is 3.82. The second kappa shape index (κ2) is 8.86. The lowest BCUT2D eigenvalue weighted by molar-refractivity contribution is -0.118. The van der Waals surface area contributed by atoms with Crippen molar-refractivity contribution >= 4 is 29.0 Å². The van der Waals surface area contributed by atoms with Gasteiger partial charge in [-0.15, -0.1) is 21.5 Å². The number of benzene rings is 1. The first-order chi connectivity index (χ1) is 12.7. The van der Waals surface area contributed by atoms with Crippen molar-refractivity contribution in [3.63, 3.8) is 0 Å². The second-order valence-electron chi connectivity index (χ2n) is 5.63. The van der Waals surface area contributed by atoms with E-state index in [0.717, 1.165) is 28.7 Å². The van der Waals surface area contributed by atoms with E-state index in [1.54, 1.807) is 18.4 Å². The van der Waals surface area contributed by atoms with E-state index in [1.165, 1.54) is 16.6 Å². The van der Waals surface area contributed by atoms with E-state index in [0.29, 0.717) is 12.3 Å². The van der Waals surface area contributed by atoms with E-state index in [2.05, 4.69) is 21.6 Å². The number of rotatable bonds is 8. The van der Waals surface area contributed by atoms with Gasteiger partial charge in [-0.25, -0.2) is 0 Å². The van der Waals surface area contributed by atoms with E-state index in [-0.39, 0.29) is 5.91 Å². The van der Waals surface area contributed by atoms with Crippen molar-refractivity contribution in [1.29, 1.82) is 0 Å². The topological polar surface area (TPSA) is 69.0 Å². The van der Waals surface area contributed by atoms with Gasteiger partial charge in [0.25, 0.3) is 0 Å². The van der Waals surface area contributed by atoms with Crippen LogP contribution < -0.4 is 10.1 Å². The molecule has 26 heavy (non-hydrogen) atoms. The Bertz CT molecular complexity index is 862. The average Bonchev–Trinajstić information content (AvgIpc) is 3.29. The second-order valence-corrected chi connectivity index (χ2v) is 7.61. The highest BCUT2D eigenvalue weighted by Gasteiger charge is 2.12. The molecule has 3 rings (SSSR count). The predicted octanol–water partition coefficient (Wildman–Crippen LogP) is 2.88. The zero-order chi connectivity index (χ0) is 18.4. The first-order valence-electron chi connectivity index (χ1n) is 8.09. The quantitative estimate of drug-likeness (QED) is 0.601. The maximum atomic E-state index is 12.1. The molecule has 2 heterocycles. The lowest BCUT2D eigenvalue weighted by Crippen LogP contribution is -2.24. The SMILES string of the molecule is COc1cccc(CNC(=O)CSc2nnc(Cc3cccs3)n2C)c1. The molecule has 1 N–H and O–H groups in total. The number of carbonyl (C=O) groups is 1. The van der Waals surface area contributed by atoms with Crippen LogP contribution in [0.15, 0.2) is 46.9 Å². The summed E-state index contributed by atoms with van der Waals surface area (Å²) in [6.45, 7) is 0.471. The summed E-state index contributed by atoms with van der Waals surface area (Å²) in [5.41, 5.74) is 1.000. The summed E-state index contributed by atoms with van der Waals surface area (Å²) >= 11 is 3.09. The Kier molecular flexibility index (Phi) is 6.30. The van der Waals surface area contributed by atoms with Gasteiger partial charge in [-0.2, -0.15) is 0 Å². The van der Waals surface area contributed by atoms with E-state index in [9.17, 15) is 4.79 Å². The van der Waals surface area contributed by atoms with Gasteiger partial charge in [-0.3, -0.25) is 4.79 Å². The third kappa shape index (κ3) is 4.86. The Hall–Kier alpha value is -2.32. The van der Waals surface area contributed by atoms with Crippen LogP contribution in [0.4, 0.5) is 0 Å². The molecule has 0 atom stereocenters. The first-order valence-corrected chi connectivity index (χ1v) is 9.95. The molecule has 8 heteroatoms. The molecule has 0 aliphatic rings. The lowest BCUT2D eigenvalue weighted by atomic mass is 10.2. The Balaban J connectivity index is 1.49. The minimum absolute atomic E-state index is 0.0411. The molecular weight excluding hydrogens is 368 g/mol. The molecule has 136 valence electrons. The molecule has 0 bridgehead atoms. The standard InChI is InChI=1S/C18H20N4O2S2/c1-22-16(10-15-7-4-8-25-15)20-21-18(22)26-12-17(23)19-11-13-5-3-6-14(9-13)24-2/h3-9H,10-12H2,1-2H3,(H,19,23). The number of nitrogens with zero attached hydrogens (tertiary/aromatic N) is 3. The number of carbonyl (C=O) groups excluding carboxylic acids is 1. The number of aromatic nitrogens is 3. The molecule has 0 saturated heterocycles. The van der Waals surface area contributed by atoms with Crippen LogP contribution in [0.1, 0.15) is 16.3 Å². The van der Waals surface area contributed by atoms with Gasteiger partial charge in [0.1, 0.15) is 11.6 Å². The minimum atomic E-state index is -0.0411. The van der Waals surface area contributed by atoms with Crippen molar-refractivity contribution in [3.05, 3.63) is 58.0 Å². The fourth-order valence-electron chi connectivity index (χ4n) is 2.36. The number of methoxy groups -OCH3 is 1. The van der Waals surface area contributed by atoms with Crippen molar-refractivity contribution in [2.75, 3.05) is 12.9 Å². The molecule has 1 aromatic carbocycles. The highest BCUT2D eigenvalue weighted by atomic mass is 32.2. The monoisotopic (exact) mass is 388 g/mol. The predicted molar refractivity (Wildman–Crippen MR) is 104 cm³/mol. The number of nitrogens with one attached hydrogen (secondary N) is 1. The molecule has 0 fully saturated rings. The summed E-state index contributed by atoms with van der Waals surface area (Å²) in [5, 5.41) is 14.1. The van der Waals surface area contributed by atoms with Crippen LogP contribution in [0.2, 0.25) is 0 Å². The maximum absolute atomic E-state index is 12.1. The molecule has 0 saturated carbocycles. The zero-order valence-electron chi connectivity index (χ0n) is 14.6. The van der Waals surface area contributed by atoms with E-state index >= 15 is 0 Å². The van der Waals surface area contributed by atoms with Crippen LogP contribution in [-0.2, 0) is 24.8 Å². The summed E-state index contributed by atoms with van der Waals surface area (Å²) in [7, 11) is 3.56. The van der Waals surface area contributed by atoms with Crippen LogP contribution in [0.5, 0.6) is 5.75 Å². The highest BCUT2D eigenvalue weighted by Crippen LogP contribution is 2.19. The van der Waals surface area contributed by atoms with Crippen molar-refractivity contribution in [2.45, 2.75) is 18.1 Å². The van der Waals surface area contributed by atoms with Gasteiger partial charge in [0.05, 0.1) is 12.9 Å². The zero-order valence-corrected chi connectivity index (χ0v) is 16.3. The van der Waals surface area contributed by atoms with Gasteiger partial charge >= 0.3 is 0 Å². The largest absolute Gasteiger partial charge is 0.497 e. The Morgan fingerprint density at radius 2 is 2.19 bits per heavy atom. The van der Waals surface area contributed by atoms with E-state index in [1.807, 2.05) is 47.3 Å². The molecule has 0 spiro atoms. The molecule has 3 aromatic rings. The number of ether oxygens (including phenoxy) is 1. The van der Waals surface area contributed by atoms with Crippen LogP contribution in [0.3, 0.4) is 0 Å². The normalized spacial score (nSPS) is 10.7. The summed E-state index contributed by atoms with van der Waals surface area (Å²) in [5.74, 6) is 1.94. The van der Waals surface area contributed by atoms with E-state index < -0.39 is 0 Å². The molecule has 0 aliphatic heterocycles. The van der Waals surface area contributed by atoms with Gasteiger partial charge in [0.15, 0.2) is 5.16 Å². The van der Waals surface area contributed by atoms with Crippen LogP contribution >= 0.6 is 23.1 Å². The van der Waals surface area contributed by atoms with Gasteiger partial charge in [-0.05, 0) is 29.1 Å². The Morgan fingerprint density at radius 3 is 2.96 bits per heavy atom. The molecule has 0 unspecified atom stereocenters. The Morgan fingerprint density at radius 1 is 1.31 bits per heavy atom. The van der Waals surface area contributed by atoms with Crippen molar-refractivity contribution in [1.82, 2.24) is 20.1 Å². The number of thiophene rings is 1. The summed E-state index contributed by atoms with van der Waals surface area (Å²) < 4.78 is 7.13. The molecular formula is C18H20N4O2S2. The van der Waals surface area contributed by atoms with Crippen molar-refractivity contribution in [2.24, 2.45) is 7.05 Å². The number of thioether (sulfide) groups is 1. The summed E-state index contributed by atoms with van der Waals surface area (Å²) in [6, 6.07) is 11.8. The number of hydrogen-bond acceptors (Lipinski definition) is 6. The number of amides is 1. The van der Waals surface area contributed by atoms with Gasteiger partial charge in [0, 0.05) is 24.9 Å². The molecule has 0 radical (unpaired) electrons. The van der Waals surface area contributed by atoms with Crippen LogP contribution in [-0.4, -0.2) is 33.5 Å². The average molecular weight is 389 g/mol. The molecule has 6 nitrogen and oxygen atoms in total. The third-order valence-electron chi connectivity index (χ3n) is 3.79. The van der Waals surface area contributed by atoms with Crippen LogP contribution in [0, 0.1) is 0 Å². The number of hydrogen-bond donors (Lipinski definition) is 1. The summed E-state index contributed by atoms with van der Waals surface area (Å²) in [4.78, 5) is 13.3. The fraction of sp³-hybridized carbons (Fsp3) is 0.278. The van der Waals surface area contributed by atoms with E-state index in [4.69, 9.17) is 4.74 Å².